The van der Waals surface area contributed by atoms with Gasteiger partial charge in [-0.3, -0.25) is 14.4 Å². The van der Waals surface area contributed by atoms with Gasteiger partial charge in [0.1, 0.15) is 22.6 Å². The molecule has 2 N–H and O–H groups in total. The molecular formula is C26H28FN5O5S. The van der Waals surface area contributed by atoms with E-state index in [0.29, 0.717) is 16.9 Å². The molecule has 10 nitrogen and oxygen atoms in total. The van der Waals surface area contributed by atoms with E-state index in [0.717, 1.165) is 30.6 Å². The number of fused-ring (bicyclic) bond motifs is 1. The molecule has 1 atom stereocenters. The van der Waals surface area contributed by atoms with Crippen LogP contribution < -0.4 is 16.2 Å². The Morgan fingerprint density at radius 3 is 2.79 bits per heavy atom. The van der Waals surface area contributed by atoms with E-state index < -0.39 is 23.6 Å². The van der Waals surface area contributed by atoms with E-state index in [1.54, 1.807) is 29.3 Å². The fourth-order valence-corrected chi connectivity index (χ4v) is 5.04. The topological polar surface area (TPSA) is 123 Å². The SMILES string of the molecule is COC(=O)NC(CCC=CC(=O)N1CCCC1)C(=O)Nc1cccn(Cc2nc3cc(F)ccc3s2)c1=O. The number of amides is 3. The van der Waals surface area contributed by atoms with Crippen LogP contribution in [0, 0.1) is 5.82 Å². The molecule has 1 aromatic carbocycles. The maximum absolute atomic E-state index is 13.5. The average Bonchev–Trinajstić information content (AvgIpc) is 3.57. The number of alkyl carbamates (subject to hydrolysis) is 1. The third kappa shape index (κ3) is 6.82. The first-order valence-electron chi connectivity index (χ1n) is 12.2. The van der Waals surface area contributed by atoms with Crippen LogP contribution in [-0.2, 0) is 20.9 Å². The van der Waals surface area contributed by atoms with Gasteiger partial charge in [0.25, 0.3) is 5.56 Å². The fourth-order valence-electron chi connectivity index (χ4n) is 4.10. The number of methoxy groups -OCH3 is 1. The van der Waals surface area contributed by atoms with Crippen LogP contribution in [0.2, 0.25) is 0 Å². The molecule has 1 fully saturated rings. The molecule has 0 radical (unpaired) electrons. The molecular weight excluding hydrogens is 513 g/mol. The molecule has 2 aromatic heterocycles. The van der Waals surface area contributed by atoms with Crippen LogP contribution in [0.3, 0.4) is 0 Å². The molecule has 200 valence electrons. The Kier molecular flexibility index (Phi) is 8.85. The van der Waals surface area contributed by atoms with E-state index in [1.165, 1.54) is 47.3 Å². The number of carbonyl (C=O) groups is 3. The molecule has 3 amide bonds. The van der Waals surface area contributed by atoms with Crippen molar-refractivity contribution in [3.63, 3.8) is 0 Å². The smallest absolute Gasteiger partial charge is 0.407 e. The zero-order chi connectivity index (χ0) is 27.1. The monoisotopic (exact) mass is 541 g/mol. The molecule has 1 saturated heterocycles. The van der Waals surface area contributed by atoms with Crippen molar-refractivity contribution in [3.05, 3.63) is 69.9 Å². The first kappa shape index (κ1) is 27.0. The lowest BCUT2D eigenvalue weighted by atomic mass is 10.1. The number of hydrogen-bond donors (Lipinski definition) is 2. The van der Waals surface area contributed by atoms with Crippen molar-refractivity contribution >= 4 is 45.1 Å². The van der Waals surface area contributed by atoms with Gasteiger partial charge in [-0.15, -0.1) is 11.3 Å². The first-order chi connectivity index (χ1) is 18.3. The number of carbonyl (C=O) groups excluding carboxylic acids is 3. The average molecular weight is 542 g/mol. The quantitative estimate of drug-likeness (QED) is 0.401. The fraction of sp³-hybridized carbons (Fsp3) is 0.346. The number of nitrogens with zero attached hydrogens (tertiary/aromatic N) is 3. The number of pyridine rings is 1. The lowest BCUT2D eigenvalue weighted by molar-refractivity contribution is -0.125. The molecule has 12 heteroatoms. The third-order valence-electron chi connectivity index (χ3n) is 6.07. The Hall–Kier alpha value is -4.06. The maximum Gasteiger partial charge on any atom is 0.407 e. The molecule has 38 heavy (non-hydrogen) atoms. The molecule has 3 heterocycles. The minimum absolute atomic E-state index is 0.0288. The summed E-state index contributed by atoms with van der Waals surface area (Å²) >= 11 is 1.34. The lowest BCUT2D eigenvalue weighted by Gasteiger charge is -2.17. The van der Waals surface area contributed by atoms with Crippen molar-refractivity contribution in [2.75, 3.05) is 25.5 Å². The van der Waals surface area contributed by atoms with Crippen LogP contribution >= 0.6 is 11.3 Å². The molecule has 4 rings (SSSR count). The molecule has 3 aromatic rings. The second-order valence-electron chi connectivity index (χ2n) is 8.76. The number of likely N-dealkylation sites (tertiary alicyclic amines) is 1. The second-order valence-corrected chi connectivity index (χ2v) is 9.88. The number of allylic oxidation sites excluding steroid dienone is 1. The van der Waals surface area contributed by atoms with E-state index in [2.05, 4.69) is 20.4 Å². The largest absolute Gasteiger partial charge is 0.453 e. The number of benzene rings is 1. The normalized spacial score (nSPS) is 14.1. The summed E-state index contributed by atoms with van der Waals surface area (Å²) in [5.41, 5.74) is 0.0793. The van der Waals surface area contributed by atoms with Gasteiger partial charge in [-0.25, -0.2) is 14.2 Å². The number of hydrogen-bond acceptors (Lipinski definition) is 7. The summed E-state index contributed by atoms with van der Waals surface area (Å²) in [6.07, 6.45) is 6.44. The van der Waals surface area contributed by atoms with E-state index >= 15 is 0 Å². The predicted octanol–water partition coefficient (Wildman–Crippen LogP) is 3.27. The van der Waals surface area contributed by atoms with Crippen LogP contribution in [0.1, 0.15) is 30.7 Å². The minimum Gasteiger partial charge on any atom is -0.453 e. The van der Waals surface area contributed by atoms with E-state index in [4.69, 9.17) is 0 Å². The molecule has 1 unspecified atom stereocenters. The predicted molar refractivity (Wildman–Crippen MR) is 142 cm³/mol. The highest BCUT2D eigenvalue weighted by atomic mass is 32.1. The van der Waals surface area contributed by atoms with Gasteiger partial charge in [0.2, 0.25) is 11.8 Å². The van der Waals surface area contributed by atoms with Crippen molar-refractivity contribution in [2.45, 2.75) is 38.3 Å². The molecule has 0 saturated carbocycles. The second kappa shape index (κ2) is 12.5. The van der Waals surface area contributed by atoms with Gasteiger partial charge in [0.15, 0.2) is 0 Å². The first-order valence-corrected chi connectivity index (χ1v) is 13.0. The van der Waals surface area contributed by atoms with E-state index in [-0.39, 0.29) is 30.4 Å². The standard InChI is InChI=1S/C26H28FN5O5S/c1-37-26(36)30-18(7-2-3-9-23(33)31-12-4-5-13-31)24(34)29-19-8-6-14-32(25(19)35)16-22-28-20-15-17(27)10-11-21(20)38-22/h3,6,8-11,14-15,18H,2,4-5,7,12-13,16H2,1H3,(H,29,34)(H,30,36). The highest BCUT2D eigenvalue weighted by molar-refractivity contribution is 7.18. The summed E-state index contributed by atoms with van der Waals surface area (Å²) < 4.78 is 20.3. The van der Waals surface area contributed by atoms with Crippen LogP contribution in [0.4, 0.5) is 14.9 Å². The third-order valence-corrected chi connectivity index (χ3v) is 7.09. The Morgan fingerprint density at radius 2 is 2.03 bits per heavy atom. The number of nitrogens with one attached hydrogen (secondary N) is 2. The Bertz CT molecular complexity index is 1410. The van der Waals surface area contributed by atoms with Crippen molar-refractivity contribution in [3.8, 4) is 0 Å². The summed E-state index contributed by atoms with van der Waals surface area (Å²) in [7, 11) is 1.19. The molecule has 1 aliphatic rings. The summed E-state index contributed by atoms with van der Waals surface area (Å²) in [6, 6.07) is 6.40. The van der Waals surface area contributed by atoms with Gasteiger partial charge >= 0.3 is 6.09 Å². The van der Waals surface area contributed by atoms with Crippen molar-refractivity contribution in [2.24, 2.45) is 0 Å². The highest BCUT2D eigenvalue weighted by Gasteiger charge is 2.22. The van der Waals surface area contributed by atoms with Crippen LogP contribution in [-0.4, -0.2) is 58.6 Å². The van der Waals surface area contributed by atoms with E-state index in [1.807, 2.05) is 0 Å². The number of rotatable bonds is 9. The van der Waals surface area contributed by atoms with Gasteiger partial charge in [-0.2, -0.15) is 0 Å². The van der Waals surface area contributed by atoms with Crippen molar-refractivity contribution in [1.82, 2.24) is 19.8 Å². The molecule has 0 aliphatic carbocycles. The number of ether oxygens (including phenoxy) is 1. The van der Waals surface area contributed by atoms with E-state index in [9.17, 15) is 23.6 Å². The lowest BCUT2D eigenvalue weighted by Crippen LogP contribution is -2.44. The van der Waals surface area contributed by atoms with Gasteiger partial charge in [0, 0.05) is 25.4 Å². The minimum atomic E-state index is -0.999. The zero-order valence-corrected chi connectivity index (χ0v) is 21.6. The van der Waals surface area contributed by atoms with Crippen LogP contribution in [0.15, 0.2) is 53.5 Å². The number of halogens is 1. The van der Waals surface area contributed by atoms with Crippen LogP contribution in [0.25, 0.3) is 10.2 Å². The maximum atomic E-state index is 13.5. The summed E-state index contributed by atoms with van der Waals surface area (Å²) in [6.45, 7) is 1.62. The Labute approximate surface area is 222 Å². The van der Waals surface area contributed by atoms with Gasteiger partial charge in [-0.05, 0) is 56.0 Å². The summed E-state index contributed by atoms with van der Waals surface area (Å²) in [5, 5.41) is 5.67. The zero-order valence-electron chi connectivity index (χ0n) is 20.8. The Morgan fingerprint density at radius 1 is 1.24 bits per heavy atom. The highest BCUT2D eigenvalue weighted by Crippen LogP contribution is 2.23. The van der Waals surface area contributed by atoms with Gasteiger partial charge < -0.3 is 24.8 Å². The van der Waals surface area contributed by atoms with Gasteiger partial charge in [-0.1, -0.05) is 6.08 Å². The number of anilines is 1. The molecule has 0 spiro atoms. The molecule has 1 aliphatic heterocycles. The summed E-state index contributed by atoms with van der Waals surface area (Å²) in [4.78, 5) is 56.2. The van der Waals surface area contributed by atoms with Crippen molar-refractivity contribution in [1.29, 1.82) is 0 Å². The van der Waals surface area contributed by atoms with Gasteiger partial charge in [0.05, 0.1) is 23.9 Å². The Balaban J connectivity index is 1.42. The molecule has 0 bridgehead atoms. The number of thiazole rings is 1. The van der Waals surface area contributed by atoms with Crippen molar-refractivity contribution < 1.29 is 23.5 Å². The number of aromatic nitrogens is 2. The summed E-state index contributed by atoms with van der Waals surface area (Å²) in [5.74, 6) is -1.06. The van der Waals surface area contributed by atoms with Crippen LogP contribution in [0.5, 0.6) is 0 Å².